The zero-order valence-electron chi connectivity index (χ0n) is 14.6. The van der Waals surface area contributed by atoms with Gasteiger partial charge in [-0.2, -0.15) is 0 Å². The van der Waals surface area contributed by atoms with E-state index in [2.05, 4.69) is 17.6 Å². The second-order valence-electron chi connectivity index (χ2n) is 7.25. The van der Waals surface area contributed by atoms with Crippen molar-refractivity contribution < 1.29 is 14.3 Å². The minimum atomic E-state index is -0.137. The predicted octanol–water partition coefficient (Wildman–Crippen LogP) is 2.77. The lowest BCUT2D eigenvalue weighted by Crippen LogP contribution is -2.57. The Hall–Kier alpha value is -1.75. The van der Waals surface area contributed by atoms with Crippen LogP contribution in [0.1, 0.15) is 33.1 Å². The first-order valence-electron chi connectivity index (χ1n) is 8.92. The lowest BCUT2D eigenvalue weighted by Gasteiger charge is -2.45. The van der Waals surface area contributed by atoms with Crippen LogP contribution in [0.3, 0.4) is 0 Å². The zero-order valence-corrected chi connectivity index (χ0v) is 15.4. The molecule has 5 unspecified atom stereocenters. The van der Waals surface area contributed by atoms with Gasteiger partial charge in [0.05, 0.1) is 0 Å². The van der Waals surface area contributed by atoms with Crippen molar-refractivity contribution in [1.29, 1.82) is 0 Å². The van der Waals surface area contributed by atoms with Crippen LogP contribution >= 0.6 is 11.6 Å². The molecule has 1 saturated carbocycles. The van der Waals surface area contributed by atoms with Gasteiger partial charge in [0, 0.05) is 23.0 Å². The number of piperidine rings is 1. The monoisotopic (exact) mass is 364 g/mol. The molecular weight excluding hydrogens is 340 g/mol. The quantitative estimate of drug-likeness (QED) is 0.863. The molecule has 1 heterocycles. The Morgan fingerprint density at radius 3 is 2.72 bits per heavy atom. The zero-order chi connectivity index (χ0) is 18.0. The summed E-state index contributed by atoms with van der Waals surface area (Å²) in [6, 6.07) is 7.17. The lowest BCUT2D eigenvalue weighted by molar-refractivity contribution is -0.132. The number of amides is 2. The van der Waals surface area contributed by atoms with E-state index in [1.165, 1.54) is 0 Å². The third-order valence-corrected chi connectivity index (χ3v) is 5.91. The summed E-state index contributed by atoms with van der Waals surface area (Å²) < 4.78 is 5.48. The van der Waals surface area contributed by atoms with Crippen LogP contribution in [0.15, 0.2) is 24.3 Å². The third kappa shape index (κ3) is 4.27. The van der Waals surface area contributed by atoms with Gasteiger partial charge in [0.2, 0.25) is 5.91 Å². The molecule has 0 radical (unpaired) electrons. The fraction of sp³-hybridized carbons (Fsp3) is 0.579. The van der Waals surface area contributed by atoms with Gasteiger partial charge in [-0.05, 0) is 55.4 Å². The van der Waals surface area contributed by atoms with Crippen molar-refractivity contribution in [3.05, 3.63) is 29.3 Å². The van der Waals surface area contributed by atoms with Crippen molar-refractivity contribution in [2.24, 2.45) is 17.8 Å². The molecule has 3 rings (SSSR count). The minimum Gasteiger partial charge on any atom is -0.484 e. The first kappa shape index (κ1) is 18.1. The van der Waals surface area contributed by atoms with E-state index in [0.717, 1.165) is 19.3 Å². The van der Waals surface area contributed by atoms with Crippen LogP contribution in [-0.4, -0.2) is 30.5 Å². The number of benzene rings is 1. The number of carbonyl (C=O) groups excluding carboxylic acids is 2. The minimum absolute atomic E-state index is 0.0218. The standard InChI is InChI=1S/C19H25ClN2O3/c1-11-12(2)19(24)22-17-9-14(5-8-16(11)17)21-18(23)10-25-15-6-3-13(20)4-7-15/h3-4,6-7,11-12,14,16-17H,5,8-10H2,1-2H3,(H,21,23)(H,22,24). The maximum Gasteiger partial charge on any atom is 0.258 e. The molecule has 5 nitrogen and oxygen atoms in total. The molecule has 2 fully saturated rings. The number of hydrogen-bond acceptors (Lipinski definition) is 3. The third-order valence-electron chi connectivity index (χ3n) is 5.66. The van der Waals surface area contributed by atoms with E-state index in [1.807, 2.05) is 6.92 Å². The van der Waals surface area contributed by atoms with Gasteiger partial charge in [-0.25, -0.2) is 0 Å². The molecule has 1 aromatic rings. The number of hydrogen-bond donors (Lipinski definition) is 2. The molecule has 25 heavy (non-hydrogen) atoms. The van der Waals surface area contributed by atoms with Gasteiger partial charge in [-0.15, -0.1) is 0 Å². The van der Waals surface area contributed by atoms with E-state index in [0.29, 0.717) is 22.6 Å². The summed E-state index contributed by atoms with van der Waals surface area (Å²) in [5.41, 5.74) is 0. The van der Waals surface area contributed by atoms with Gasteiger partial charge < -0.3 is 15.4 Å². The molecule has 0 aromatic heterocycles. The Morgan fingerprint density at radius 1 is 1.28 bits per heavy atom. The lowest BCUT2D eigenvalue weighted by atomic mass is 9.68. The highest BCUT2D eigenvalue weighted by Crippen LogP contribution is 2.37. The van der Waals surface area contributed by atoms with Crippen LogP contribution in [0.4, 0.5) is 0 Å². The first-order valence-corrected chi connectivity index (χ1v) is 9.30. The average molecular weight is 365 g/mol. The van der Waals surface area contributed by atoms with Crippen LogP contribution in [-0.2, 0) is 9.59 Å². The molecule has 2 N–H and O–H groups in total. The summed E-state index contributed by atoms with van der Waals surface area (Å²) in [5.74, 6) is 1.58. The van der Waals surface area contributed by atoms with Crippen molar-refractivity contribution >= 4 is 23.4 Å². The Labute approximate surface area is 153 Å². The fourth-order valence-electron chi connectivity index (χ4n) is 3.99. The number of ether oxygens (including phenoxy) is 1. The van der Waals surface area contributed by atoms with Crippen molar-refractivity contribution in [3.63, 3.8) is 0 Å². The summed E-state index contributed by atoms with van der Waals surface area (Å²) in [5, 5.41) is 6.80. The van der Waals surface area contributed by atoms with Crippen LogP contribution < -0.4 is 15.4 Å². The number of fused-ring (bicyclic) bond motifs is 1. The van der Waals surface area contributed by atoms with Gasteiger partial charge >= 0.3 is 0 Å². The maximum atomic E-state index is 12.1. The highest BCUT2D eigenvalue weighted by Gasteiger charge is 2.42. The van der Waals surface area contributed by atoms with E-state index < -0.39 is 0 Å². The molecule has 5 atom stereocenters. The highest BCUT2D eigenvalue weighted by atomic mass is 35.5. The molecular formula is C19H25ClN2O3. The molecule has 1 aliphatic carbocycles. The fourth-order valence-corrected chi connectivity index (χ4v) is 4.12. The molecule has 136 valence electrons. The number of nitrogens with one attached hydrogen (secondary N) is 2. The smallest absolute Gasteiger partial charge is 0.258 e. The van der Waals surface area contributed by atoms with Crippen molar-refractivity contribution in [3.8, 4) is 5.75 Å². The Balaban J connectivity index is 1.48. The van der Waals surface area contributed by atoms with E-state index in [9.17, 15) is 9.59 Å². The normalized spacial score (nSPS) is 31.6. The molecule has 0 bridgehead atoms. The van der Waals surface area contributed by atoms with E-state index in [-0.39, 0.29) is 36.4 Å². The summed E-state index contributed by atoms with van der Waals surface area (Å²) in [6.45, 7) is 4.14. The molecule has 1 aliphatic heterocycles. The largest absolute Gasteiger partial charge is 0.484 e. The molecule has 1 aromatic carbocycles. The summed E-state index contributed by atoms with van der Waals surface area (Å²) in [6.07, 6.45) is 2.76. The second kappa shape index (κ2) is 7.65. The molecule has 2 aliphatic rings. The van der Waals surface area contributed by atoms with Gasteiger partial charge in [0.15, 0.2) is 6.61 Å². The Bertz CT molecular complexity index is 634. The van der Waals surface area contributed by atoms with E-state index in [1.54, 1.807) is 24.3 Å². The molecule has 6 heteroatoms. The molecule has 2 amide bonds. The number of carbonyl (C=O) groups is 2. The Morgan fingerprint density at radius 2 is 2.00 bits per heavy atom. The maximum absolute atomic E-state index is 12.1. The van der Waals surface area contributed by atoms with Crippen LogP contribution in [0.5, 0.6) is 5.75 Å². The second-order valence-corrected chi connectivity index (χ2v) is 7.68. The predicted molar refractivity (Wildman–Crippen MR) is 96.5 cm³/mol. The first-order chi connectivity index (χ1) is 11.9. The molecule has 1 saturated heterocycles. The van der Waals surface area contributed by atoms with Crippen molar-refractivity contribution in [2.75, 3.05) is 6.61 Å². The van der Waals surface area contributed by atoms with Gasteiger partial charge in [-0.3, -0.25) is 9.59 Å². The van der Waals surface area contributed by atoms with Gasteiger partial charge in [0.1, 0.15) is 5.75 Å². The topological polar surface area (TPSA) is 67.4 Å². The van der Waals surface area contributed by atoms with E-state index in [4.69, 9.17) is 16.3 Å². The Kier molecular flexibility index (Phi) is 5.52. The highest BCUT2D eigenvalue weighted by molar-refractivity contribution is 6.30. The molecule has 0 spiro atoms. The van der Waals surface area contributed by atoms with E-state index >= 15 is 0 Å². The number of rotatable bonds is 4. The summed E-state index contributed by atoms with van der Waals surface area (Å²) >= 11 is 5.82. The van der Waals surface area contributed by atoms with Gasteiger partial charge in [0.25, 0.3) is 5.91 Å². The van der Waals surface area contributed by atoms with Crippen LogP contribution in [0, 0.1) is 17.8 Å². The average Bonchev–Trinajstić information content (AvgIpc) is 2.59. The van der Waals surface area contributed by atoms with Crippen LogP contribution in [0.25, 0.3) is 0 Å². The summed E-state index contributed by atoms with van der Waals surface area (Å²) in [4.78, 5) is 24.2. The SMILES string of the molecule is CC1C(=O)NC2CC(NC(=O)COc3ccc(Cl)cc3)CCC2C1C. The van der Waals surface area contributed by atoms with Crippen molar-refractivity contribution in [2.45, 2.75) is 45.2 Å². The summed E-state index contributed by atoms with van der Waals surface area (Å²) in [7, 11) is 0. The number of halogens is 1. The van der Waals surface area contributed by atoms with Crippen LogP contribution in [0.2, 0.25) is 5.02 Å². The van der Waals surface area contributed by atoms with Gasteiger partial charge in [-0.1, -0.05) is 25.4 Å². The van der Waals surface area contributed by atoms with Crippen molar-refractivity contribution in [1.82, 2.24) is 10.6 Å².